The highest BCUT2D eigenvalue weighted by atomic mass is 35.5. The Bertz CT molecular complexity index is 303. The molecule has 0 aliphatic heterocycles. The molecule has 1 amide bonds. The summed E-state index contributed by atoms with van der Waals surface area (Å²) in [6.07, 6.45) is 0.865. The van der Waals surface area contributed by atoms with Crippen molar-refractivity contribution >= 4 is 18.3 Å². The maximum absolute atomic E-state index is 11.4. The van der Waals surface area contributed by atoms with Gasteiger partial charge in [0, 0.05) is 19.0 Å². The van der Waals surface area contributed by atoms with Crippen LogP contribution < -0.4 is 11.1 Å². The maximum Gasteiger partial charge on any atom is 0.224 e. The lowest BCUT2D eigenvalue weighted by molar-refractivity contribution is -0.124. The highest BCUT2D eigenvalue weighted by Gasteiger charge is 2.08. The van der Waals surface area contributed by atoms with Crippen LogP contribution in [0.3, 0.4) is 0 Å². The van der Waals surface area contributed by atoms with Gasteiger partial charge in [0.05, 0.1) is 0 Å². The number of hydrogen-bond donors (Lipinski definition) is 2. The van der Waals surface area contributed by atoms with E-state index >= 15 is 0 Å². The first-order chi connectivity index (χ1) is 7.24. The predicted octanol–water partition coefficient (Wildman–Crippen LogP) is 1.36. The van der Waals surface area contributed by atoms with Crippen LogP contribution in [-0.2, 0) is 11.2 Å². The van der Waals surface area contributed by atoms with E-state index in [4.69, 9.17) is 5.73 Å². The molecule has 3 N–H and O–H groups in total. The Hall–Kier alpha value is -1.06. The molecule has 1 unspecified atom stereocenters. The van der Waals surface area contributed by atoms with Crippen molar-refractivity contribution in [1.29, 1.82) is 0 Å². The lowest BCUT2D eigenvalue weighted by atomic mass is 10.1. The molecule has 1 aromatic rings. The van der Waals surface area contributed by atoms with E-state index < -0.39 is 0 Å². The Morgan fingerprint density at radius 1 is 1.38 bits per heavy atom. The van der Waals surface area contributed by atoms with Crippen LogP contribution in [-0.4, -0.2) is 19.0 Å². The highest BCUT2D eigenvalue weighted by molar-refractivity contribution is 5.85. The standard InChI is InChI=1S/C12H18N2O.ClH/c1-10(9-13)12(15)14-8-7-11-5-3-2-4-6-11;/h2-6,10H,7-9,13H2,1H3,(H,14,15);1H. The SMILES string of the molecule is CC(CN)C(=O)NCCc1ccccc1.Cl. The van der Waals surface area contributed by atoms with E-state index in [1.54, 1.807) is 0 Å². The average Bonchev–Trinajstić information content (AvgIpc) is 2.29. The predicted molar refractivity (Wildman–Crippen MR) is 68.6 cm³/mol. The summed E-state index contributed by atoms with van der Waals surface area (Å²) in [5.74, 6) is -0.0609. The minimum absolute atomic E-state index is 0. The Morgan fingerprint density at radius 2 is 2.00 bits per heavy atom. The summed E-state index contributed by atoms with van der Waals surface area (Å²) in [5.41, 5.74) is 6.63. The Labute approximate surface area is 103 Å². The lowest BCUT2D eigenvalue weighted by Crippen LogP contribution is -2.34. The van der Waals surface area contributed by atoms with Crippen molar-refractivity contribution in [2.45, 2.75) is 13.3 Å². The number of hydrogen-bond acceptors (Lipinski definition) is 2. The molecular formula is C12H19ClN2O. The van der Waals surface area contributed by atoms with E-state index in [2.05, 4.69) is 17.4 Å². The van der Waals surface area contributed by atoms with E-state index in [0.717, 1.165) is 6.42 Å². The third-order valence-electron chi connectivity index (χ3n) is 2.36. The second-order valence-corrected chi connectivity index (χ2v) is 3.66. The summed E-state index contributed by atoms with van der Waals surface area (Å²) in [6.45, 7) is 2.90. The average molecular weight is 243 g/mol. The Balaban J connectivity index is 0.00000225. The van der Waals surface area contributed by atoms with Crippen molar-refractivity contribution in [2.24, 2.45) is 11.7 Å². The van der Waals surface area contributed by atoms with Gasteiger partial charge >= 0.3 is 0 Å². The van der Waals surface area contributed by atoms with Crippen LogP contribution in [0.2, 0.25) is 0 Å². The number of nitrogens with one attached hydrogen (secondary N) is 1. The fourth-order valence-electron chi connectivity index (χ4n) is 1.26. The molecule has 0 spiro atoms. The highest BCUT2D eigenvalue weighted by Crippen LogP contribution is 1.98. The number of nitrogens with two attached hydrogens (primary N) is 1. The molecule has 1 aromatic carbocycles. The molecule has 1 atom stereocenters. The molecular weight excluding hydrogens is 224 g/mol. The first-order valence-corrected chi connectivity index (χ1v) is 5.25. The number of rotatable bonds is 5. The zero-order chi connectivity index (χ0) is 11.1. The van der Waals surface area contributed by atoms with Crippen molar-refractivity contribution in [3.8, 4) is 0 Å². The molecule has 16 heavy (non-hydrogen) atoms. The number of carbonyl (C=O) groups is 1. The summed E-state index contributed by atoms with van der Waals surface area (Å²) >= 11 is 0. The minimum atomic E-state index is -0.0965. The van der Waals surface area contributed by atoms with Crippen molar-refractivity contribution < 1.29 is 4.79 Å². The van der Waals surface area contributed by atoms with Crippen LogP contribution >= 0.6 is 12.4 Å². The monoisotopic (exact) mass is 242 g/mol. The molecule has 0 radical (unpaired) electrons. The van der Waals surface area contributed by atoms with Gasteiger partial charge in [-0.25, -0.2) is 0 Å². The van der Waals surface area contributed by atoms with Crippen LogP contribution in [0, 0.1) is 5.92 Å². The molecule has 0 aliphatic carbocycles. The lowest BCUT2D eigenvalue weighted by Gasteiger charge is -2.09. The minimum Gasteiger partial charge on any atom is -0.355 e. The molecule has 0 fully saturated rings. The summed E-state index contributed by atoms with van der Waals surface area (Å²) in [7, 11) is 0. The number of carbonyl (C=O) groups excluding carboxylic acids is 1. The van der Waals surface area contributed by atoms with Crippen molar-refractivity contribution in [2.75, 3.05) is 13.1 Å². The molecule has 0 aromatic heterocycles. The zero-order valence-corrected chi connectivity index (χ0v) is 10.3. The summed E-state index contributed by atoms with van der Waals surface area (Å²) in [5, 5.41) is 2.86. The van der Waals surface area contributed by atoms with Crippen LogP contribution in [0.25, 0.3) is 0 Å². The van der Waals surface area contributed by atoms with Gasteiger partial charge < -0.3 is 11.1 Å². The zero-order valence-electron chi connectivity index (χ0n) is 9.48. The van der Waals surface area contributed by atoms with Crippen molar-refractivity contribution in [3.63, 3.8) is 0 Å². The molecule has 4 heteroatoms. The first kappa shape index (κ1) is 14.9. The van der Waals surface area contributed by atoms with Crippen molar-refractivity contribution in [3.05, 3.63) is 35.9 Å². The third-order valence-corrected chi connectivity index (χ3v) is 2.36. The number of halogens is 1. The molecule has 0 saturated heterocycles. The topological polar surface area (TPSA) is 55.1 Å². The van der Waals surface area contributed by atoms with Gasteiger partial charge in [-0.3, -0.25) is 4.79 Å². The van der Waals surface area contributed by atoms with Gasteiger partial charge in [-0.05, 0) is 12.0 Å². The van der Waals surface area contributed by atoms with Gasteiger partial charge in [-0.1, -0.05) is 37.3 Å². The van der Waals surface area contributed by atoms with Crippen molar-refractivity contribution in [1.82, 2.24) is 5.32 Å². The fraction of sp³-hybridized carbons (Fsp3) is 0.417. The van der Waals surface area contributed by atoms with E-state index in [1.807, 2.05) is 25.1 Å². The first-order valence-electron chi connectivity index (χ1n) is 5.25. The van der Waals surface area contributed by atoms with Gasteiger partial charge in [0.15, 0.2) is 0 Å². The van der Waals surface area contributed by atoms with Crippen LogP contribution in [0.15, 0.2) is 30.3 Å². The summed E-state index contributed by atoms with van der Waals surface area (Å²) in [4.78, 5) is 11.4. The second-order valence-electron chi connectivity index (χ2n) is 3.66. The quantitative estimate of drug-likeness (QED) is 0.819. The van der Waals surface area contributed by atoms with Crippen LogP contribution in [0.1, 0.15) is 12.5 Å². The summed E-state index contributed by atoms with van der Waals surface area (Å²) < 4.78 is 0. The fourth-order valence-corrected chi connectivity index (χ4v) is 1.26. The molecule has 0 aliphatic rings. The number of amides is 1. The largest absolute Gasteiger partial charge is 0.355 e. The molecule has 0 bridgehead atoms. The van der Waals surface area contributed by atoms with Gasteiger partial charge in [0.2, 0.25) is 5.91 Å². The molecule has 0 saturated carbocycles. The van der Waals surface area contributed by atoms with Gasteiger partial charge in [0.25, 0.3) is 0 Å². The Morgan fingerprint density at radius 3 is 2.56 bits per heavy atom. The van der Waals surface area contributed by atoms with Gasteiger partial charge in [-0.15, -0.1) is 12.4 Å². The third kappa shape index (κ3) is 5.14. The smallest absolute Gasteiger partial charge is 0.224 e. The summed E-state index contributed by atoms with van der Waals surface area (Å²) in [6, 6.07) is 10.1. The molecule has 1 rings (SSSR count). The van der Waals surface area contributed by atoms with E-state index in [-0.39, 0.29) is 24.2 Å². The molecule has 0 heterocycles. The van der Waals surface area contributed by atoms with Gasteiger partial charge in [0.1, 0.15) is 0 Å². The normalized spacial score (nSPS) is 11.4. The van der Waals surface area contributed by atoms with Gasteiger partial charge in [-0.2, -0.15) is 0 Å². The Kier molecular flexibility index (Phi) is 7.60. The van der Waals surface area contributed by atoms with E-state index in [0.29, 0.717) is 13.1 Å². The molecule has 90 valence electrons. The van der Waals surface area contributed by atoms with Crippen LogP contribution in [0.4, 0.5) is 0 Å². The number of benzene rings is 1. The van der Waals surface area contributed by atoms with Crippen LogP contribution in [0.5, 0.6) is 0 Å². The molecule has 3 nitrogen and oxygen atoms in total. The maximum atomic E-state index is 11.4. The second kappa shape index (κ2) is 8.13. The van der Waals surface area contributed by atoms with E-state index in [1.165, 1.54) is 5.56 Å². The van der Waals surface area contributed by atoms with E-state index in [9.17, 15) is 4.79 Å².